The smallest absolute Gasteiger partial charge is 0.155 e. The number of likely N-dealkylation sites (tertiary alicyclic amines) is 1. The fourth-order valence-corrected chi connectivity index (χ4v) is 4.58. The standard InChI is InChI=1S/C22H23N5OS/c1-28-19-4-2-3-17(13-19)18-5-6-20-24-22(25-27(20)14-18)16-7-10-26(11-8-16)15-21-23-9-12-29-21/h2-6,9,12-14,16H,7-8,10-11,15H2,1H3. The van der Waals surface area contributed by atoms with Crippen molar-refractivity contribution in [3.63, 3.8) is 0 Å². The molecule has 0 radical (unpaired) electrons. The van der Waals surface area contributed by atoms with Crippen LogP contribution in [0.1, 0.15) is 29.6 Å². The van der Waals surface area contributed by atoms with Crippen LogP contribution in [-0.4, -0.2) is 44.7 Å². The average molecular weight is 406 g/mol. The van der Waals surface area contributed by atoms with Crippen molar-refractivity contribution < 1.29 is 4.74 Å². The minimum atomic E-state index is 0.419. The molecular weight excluding hydrogens is 382 g/mol. The van der Waals surface area contributed by atoms with Crippen LogP contribution in [0.3, 0.4) is 0 Å². The summed E-state index contributed by atoms with van der Waals surface area (Å²) in [5, 5.41) is 8.05. The lowest BCUT2D eigenvalue weighted by molar-refractivity contribution is 0.201. The van der Waals surface area contributed by atoms with E-state index >= 15 is 0 Å². The van der Waals surface area contributed by atoms with Crippen LogP contribution in [0.5, 0.6) is 5.75 Å². The number of aromatic nitrogens is 4. The van der Waals surface area contributed by atoms with Crippen molar-refractivity contribution in [2.45, 2.75) is 25.3 Å². The second-order valence-corrected chi connectivity index (χ2v) is 8.38. The van der Waals surface area contributed by atoms with Crippen molar-refractivity contribution in [1.29, 1.82) is 0 Å². The zero-order valence-electron chi connectivity index (χ0n) is 16.4. The number of benzene rings is 1. The number of pyridine rings is 1. The second-order valence-electron chi connectivity index (χ2n) is 7.40. The van der Waals surface area contributed by atoms with E-state index in [0.717, 1.165) is 60.8 Å². The lowest BCUT2D eigenvalue weighted by Crippen LogP contribution is -2.32. The molecule has 1 aliphatic rings. The van der Waals surface area contributed by atoms with E-state index in [4.69, 9.17) is 14.8 Å². The lowest BCUT2D eigenvalue weighted by atomic mass is 9.96. The number of nitrogens with zero attached hydrogens (tertiary/aromatic N) is 5. The minimum Gasteiger partial charge on any atom is -0.497 e. The number of rotatable bonds is 5. The highest BCUT2D eigenvalue weighted by molar-refractivity contribution is 7.09. The number of piperidine rings is 1. The molecule has 3 aromatic heterocycles. The molecule has 0 bridgehead atoms. The molecule has 5 rings (SSSR count). The molecule has 4 aromatic rings. The summed E-state index contributed by atoms with van der Waals surface area (Å²) in [5.41, 5.74) is 3.11. The number of methoxy groups -OCH3 is 1. The molecule has 1 saturated heterocycles. The van der Waals surface area contributed by atoms with E-state index in [9.17, 15) is 0 Å². The number of thiazole rings is 1. The molecule has 6 nitrogen and oxygen atoms in total. The van der Waals surface area contributed by atoms with Gasteiger partial charge in [-0.15, -0.1) is 11.3 Å². The van der Waals surface area contributed by atoms with E-state index in [2.05, 4.69) is 28.2 Å². The number of ether oxygens (including phenoxy) is 1. The summed E-state index contributed by atoms with van der Waals surface area (Å²) in [6, 6.07) is 12.2. The Hall–Kier alpha value is -2.77. The summed E-state index contributed by atoms with van der Waals surface area (Å²) in [4.78, 5) is 11.7. The van der Waals surface area contributed by atoms with Gasteiger partial charge in [0, 0.05) is 29.3 Å². The third-order valence-electron chi connectivity index (χ3n) is 5.55. The second kappa shape index (κ2) is 7.93. The highest BCUT2D eigenvalue weighted by atomic mass is 32.1. The summed E-state index contributed by atoms with van der Waals surface area (Å²) < 4.78 is 7.26. The van der Waals surface area contributed by atoms with Gasteiger partial charge in [-0.05, 0) is 55.8 Å². The van der Waals surface area contributed by atoms with Gasteiger partial charge in [0.1, 0.15) is 10.8 Å². The molecule has 0 unspecified atom stereocenters. The van der Waals surface area contributed by atoms with Crippen LogP contribution in [0.2, 0.25) is 0 Å². The minimum absolute atomic E-state index is 0.419. The maximum absolute atomic E-state index is 5.35. The van der Waals surface area contributed by atoms with Crippen LogP contribution in [0, 0.1) is 0 Å². The first-order valence-corrected chi connectivity index (χ1v) is 10.8. The quantitative estimate of drug-likeness (QED) is 0.497. The van der Waals surface area contributed by atoms with Crippen molar-refractivity contribution in [3.05, 3.63) is 65.0 Å². The Bertz CT molecular complexity index is 1100. The molecule has 4 heterocycles. The molecule has 0 spiro atoms. The van der Waals surface area contributed by atoms with E-state index in [1.807, 2.05) is 40.4 Å². The predicted molar refractivity (Wildman–Crippen MR) is 114 cm³/mol. The van der Waals surface area contributed by atoms with Crippen LogP contribution < -0.4 is 4.74 Å². The molecule has 0 saturated carbocycles. The van der Waals surface area contributed by atoms with Crippen molar-refractivity contribution in [2.24, 2.45) is 0 Å². The van der Waals surface area contributed by atoms with Crippen molar-refractivity contribution in [1.82, 2.24) is 24.5 Å². The Morgan fingerprint density at radius 1 is 1.14 bits per heavy atom. The van der Waals surface area contributed by atoms with E-state index in [-0.39, 0.29) is 0 Å². The van der Waals surface area contributed by atoms with Gasteiger partial charge in [-0.3, -0.25) is 4.90 Å². The predicted octanol–water partition coefficient (Wildman–Crippen LogP) is 4.24. The highest BCUT2D eigenvalue weighted by Gasteiger charge is 2.24. The van der Waals surface area contributed by atoms with Crippen LogP contribution in [0.25, 0.3) is 16.8 Å². The lowest BCUT2D eigenvalue weighted by Gasteiger charge is -2.29. The first-order chi connectivity index (χ1) is 14.3. The summed E-state index contributed by atoms with van der Waals surface area (Å²) in [5.74, 6) is 2.23. The molecule has 0 N–H and O–H groups in total. The van der Waals surface area contributed by atoms with Crippen LogP contribution in [-0.2, 0) is 6.54 Å². The largest absolute Gasteiger partial charge is 0.497 e. The molecule has 1 fully saturated rings. The van der Waals surface area contributed by atoms with Gasteiger partial charge in [-0.2, -0.15) is 5.10 Å². The number of hydrogen-bond donors (Lipinski definition) is 0. The topological polar surface area (TPSA) is 55.5 Å². The molecule has 0 amide bonds. The maximum atomic E-state index is 5.35. The number of hydrogen-bond acceptors (Lipinski definition) is 6. The van der Waals surface area contributed by atoms with E-state index in [1.165, 1.54) is 5.01 Å². The van der Waals surface area contributed by atoms with E-state index < -0.39 is 0 Å². The molecular formula is C22H23N5OS. The van der Waals surface area contributed by atoms with Gasteiger partial charge in [-0.25, -0.2) is 14.5 Å². The molecule has 7 heteroatoms. The summed E-state index contributed by atoms with van der Waals surface area (Å²) in [7, 11) is 1.69. The van der Waals surface area contributed by atoms with Crippen molar-refractivity contribution in [3.8, 4) is 16.9 Å². The van der Waals surface area contributed by atoms with Crippen molar-refractivity contribution >= 4 is 17.0 Å². The van der Waals surface area contributed by atoms with Crippen LogP contribution in [0.4, 0.5) is 0 Å². The normalized spacial score (nSPS) is 15.8. The first-order valence-electron chi connectivity index (χ1n) is 9.90. The van der Waals surface area contributed by atoms with Crippen molar-refractivity contribution in [2.75, 3.05) is 20.2 Å². The third kappa shape index (κ3) is 3.88. The Balaban J connectivity index is 1.31. The Kier molecular flexibility index (Phi) is 4.99. The fraction of sp³-hybridized carbons (Fsp3) is 0.318. The van der Waals surface area contributed by atoms with Gasteiger partial charge in [0.05, 0.1) is 13.7 Å². The summed E-state index contributed by atoms with van der Waals surface area (Å²) >= 11 is 1.73. The zero-order valence-corrected chi connectivity index (χ0v) is 17.2. The van der Waals surface area contributed by atoms with Gasteiger partial charge < -0.3 is 4.74 Å². The van der Waals surface area contributed by atoms with Gasteiger partial charge in [0.25, 0.3) is 0 Å². The molecule has 29 heavy (non-hydrogen) atoms. The average Bonchev–Trinajstić information content (AvgIpc) is 3.43. The van der Waals surface area contributed by atoms with Crippen LogP contribution in [0.15, 0.2) is 54.2 Å². The number of fused-ring (bicyclic) bond motifs is 1. The maximum Gasteiger partial charge on any atom is 0.155 e. The van der Waals surface area contributed by atoms with Gasteiger partial charge in [0.2, 0.25) is 0 Å². The Morgan fingerprint density at radius 3 is 2.83 bits per heavy atom. The Morgan fingerprint density at radius 2 is 2.03 bits per heavy atom. The van der Waals surface area contributed by atoms with E-state index in [0.29, 0.717) is 5.92 Å². The van der Waals surface area contributed by atoms with Crippen LogP contribution >= 0.6 is 11.3 Å². The molecule has 1 aromatic carbocycles. The SMILES string of the molecule is COc1cccc(-c2ccc3nc(C4CCN(Cc5nccs5)CC4)nn3c2)c1. The fourth-order valence-electron chi connectivity index (χ4n) is 3.92. The highest BCUT2D eigenvalue weighted by Crippen LogP contribution is 2.28. The monoisotopic (exact) mass is 405 g/mol. The molecule has 148 valence electrons. The van der Waals surface area contributed by atoms with Gasteiger partial charge >= 0.3 is 0 Å². The molecule has 1 aliphatic heterocycles. The van der Waals surface area contributed by atoms with Gasteiger partial charge in [0.15, 0.2) is 11.5 Å². The molecule has 0 atom stereocenters. The Labute approximate surface area is 173 Å². The zero-order chi connectivity index (χ0) is 19.6. The van der Waals surface area contributed by atoms with E-state index in [1.54, 1.807) is 18.4 Å². The van der Waals surface area contributed by atoms with Gasteiger partial charge in [-0.1, -0.05) is 12.1 Å². The molecule has 0 aliphatic carbocycles. The first kappa shape index (κ1) is 18.3. The third-order valence-corrected chi connectivity index (χ3v) is 6.31. The summed E-state index contributed by atoms with van der Waals surface area (Å²) in [6.07, 6.45) is 6.11. The summed E-state index contributed by atoms with van der Waals surface area (Å²) in [6.45, 7) is 3.08.